The van der Waals surface area contributed by atoms with E-state index in [0.717, 1.165) is 32.1 Å². The van der Waals surface area contributed by atoms with Crippen LogP contribution in [-0.4, -0.2) is 43.4 Å². The van der Waals surface area contributed by atoms with E-state index in [-0.39, 0.29) is 22.0 Å². The van der Waals surface area contributed by atoms with Gasteiger partial charge >= 0.3 is 0 Å². The summed E-state index contributed by atoms with van der Waals surface area (Å²) >= 11 is 5.23. The molecule has 0 atom stereocenters. The first kappa shape index (κ1) is 25.1. The quantitative estimate of drug-likeness (QED) is 0.529. The molecule has 7 nitrogen and oxygen atoms in total. The number of anilines is 1. The molecule has 0 heterocycles. The summed E-state index contributed by atoms with van der Waals surface area (Å²) in [5, 5.41) is 5.67. The Bertz CT molecular complexity index is 1050. The van der Waals surface area contributed by atoms with Crippen molar-refractivity contribution in [3.05, 3.63) is 54.1 Å². The average Bonchev–Trinajstić information content (AvgIpc) is 2.83. The highest BCUT2D eigenvalue weighted by Gasteiger charge is 2.28. The minimum atomic E-state index is -3.56. The van der Waals surface area contributed by atoms with Crippen LogP contribution in [0.4, 0.5) is 5.69 Å². The third kappa shape index (κ3) is 6.75. The molecule has 2 aromatic rings. The Kier molecular flexibility index (Phi) is 8.82. The minimum absolute atomic E-state index is 0.0524. The fourth-order valence-corrected chi connectivity index (χ4v) is 5.40. The number of hydrogen-bond donors (Lipinski definition) is 2. The number of thiocarbonyl (C=S) groups is 1. The zero-order valence-corrected chi connectivity index (χ0v) is 20.7. The highest BCUT2D eigenvalue weighted by Crippen LogP contribution is 2.27. The van der Waals surface area contributed by atoms with Crippen molar-refractivity contribution in [1.29, 1.82) is 0 Å². The van der Waals surface area contributed by atoms with Gasteiger partial charge in [-0.25, -0.2) is 8.42 Å². The van der Waals surface area contributed by atoms with Crippen molar-refractivity contribution >= 4 is 38.9 Å². The van der Waals surface area contributed by atoms with Crippen molar-refractivity contribution in [2.24, 2.45) is 0 Å². The van der Waals surface area contributed by atoms with Gasteiger partial charge in [-0.05, 0) is 80.0 Å². The molecule has 1 aliphatic carbocycles. The van der Waals surface area contributed by atoms with E-state index in [1.54, 1.807) is 55.6 Å². The second-order valence-corrected chi connectivity index (χ2v) is 10.5. The first-order chi connectivity index (χ1) is 15.8. The Morgan fingerprint density at radius 1 is 1.06 bits per heavy atom. The molecule has 0 bridgehead atoms. The van der Waals surface area contributed by atoms with Crippen LogP contribution in [0, 0.1) is 0 Å². The SMILES string of the molecule is CCCOc1ccc(C(=O)NC(=S)Nc2ccc(S(=O)(=O)N(C)C3CCCCC3)cc2)cc1. The normalized spacial score (nSPS) is 14.6. The van der Waals surface area contributed by atoms with Crippen molar-refractivity contribution in [2.45, 2.75) is 56.4 Å². The summed E-state index contributed by atoms with van der Waals surface area (Å²) in [5.74, 6) is 0.362. The summed E-state index contributed by atoms with van der Waals surface area (Å²) in [6, 6.07) is 13.3. The van der Waals surface area contributed by atoms with Crippen molar-refractivity contribution in [3.63, 3.8) is 0 Å². The van der Waals surface area contributed by atoms with Gasteiger partial charge in [-0.15, -0.1) is 0 Å². The lowest BCUT2D eigenvalue weighted by molar-refractivity contribution is 0.0977. The molecule has 0 aromatic heterocycles. The largest absolute Gasteiger partial charge is 0.494 e. The number of rotatable bonds is 8. The highest BCUT2D eigenvalue weighted by atomic mass is 32.2. The van der Waals surface area contributed by atoms with Gasteiger partial charge in [-0.2, -0.15) is 4.31 Å². The fourth-order valence-electron chi connectivity index (χ4n) is 3.78. The van der Waals surface area contributed by atoms with E-state index in [1.807, 2.05) is 6.92 Å². The Morgan fingerprint density at radius 2 is 1.70 bits per heavy atom. The number of sulfonamides is 1. The van der Waals surface area contributed by atoms with Crippen molar-refractivity contribution in [2.75, 3.05) is 19.0 Å². The third-order valence-corrected chi connectivity index (χ3v) is 7.82. The van der Waals surface area contributed by atoms with Crippen LogP contribution in [-0.2, 0) is 10.0 Å². The molecular weight excluding hydrogens is 458 g/mol. The predicted octanol–water partition coefficient (Wildman–Crippen LogP) is 4.56. The molecule has 9 heteroatoms. The van der Waals surface area contributed by atoms with Crippen LogP contribution in [0.3, 0.4) is 0 Å². The van der Waals surface area contributed by atoms with Crippen LogP contribution in [0.15, 0.2) is 53.4 Å². The zero-order valence-electron chi connectivity index (χ0n) is 19.0. The molecule has 0 saturated heterocycles. The second-order valence-electron chi connectivity index (χ2n) is 8.12. The molecule has 1 aliphatic rings. The minimum Gasteiger partial charge on any atom is -0.494 e. The molecule has 0 radical (unpaired) electrons. The molecular formula is C24H31N3O4S2. The van der Waals surface area contributed by atoms with Crippen molar-refractivity contribution < 1.29 is 17.9 Å². The van der Waals surface area contributed by atoms with Gasteiger partial charge in [0.2, 0.25) is 10.0 Å². The molecule has 2 aromatic carbocycles. The smallest absolute Gasteiger partial charge is 0.257 e. The number of ether oxygens (including phenoxy) is 1. The number of carbonyl (C=O) groups is 1. The Morgan fingerprint density at radius 3 is 2.30 bits per heavy atom. The number of carbonyl (C=O) groups excluding carboxylic acids is 1. The average molecular weight is 490 g/mol. The lowest BCUT2D eigenvalue weighted by Crippen LogP contribution is -2.38. The van der Waals surface area contributed by atoms with Gasteiger partial charge in [0, 0.05) is 24.3 Å². The number of benzene rings is 2. The molecule has 0 aliphatic heterocycles. The number of nitrogens with one attached hydrogen (secondary N) is 2. The molecule has 3 rings (SSSR count). The van der Waals surface area contributed by atoms with E-state index in [9.17, 15) is 13.2 Å². The van der Waals surface area contributed by atoms with Gasteiger partial charge in [-0.3, -0.25) is 10.1 Å². The van der Waals surface area contributed by atoms with Gasteiger partial charge < -0.3 is 10.1 Å². The van der Waals surface area contributed by atoms with Crippen LogP contribution in [0.1, 0.15) is 55.8 Å². The lowest BCUT2D eigenvalue weighted by atomic mass is 9.96. The predicted molar refractivity (Wildman–Crippen MR) is 134 cm³/mol. The monoisotopic (exact) mass is 489 g/mol. The van der Waals surface area contributed by atoms with Crippen molar-refractivity contribution in [1.82, 2.24) is 9.62 Å². The summed E-state index contributed by atoms with van der Waals surface area (Å²) < 4.78 is 32.9. The third-order valence-electron chi connectivity index (χ3n) is 5.69. The van der Waals surface area contributed by atoms with Gasteiger partial charge in [0.15, 0.2) is 5.11 Å². The molecule has 2 N–H and O–H groups in total. The second kappa shape index (κ2) is 11.6. The van der Waals surface area contributed by atoms with Crippen molar-refractivity contribution in [3.8, 4) is 5.75 Å². The number of amides is 1. The Balaban J connectivity index is 1.56. The topological polar surface area (TPSA) is 87.7 Å². The highest BCUT2D eigenvalue weighted by molar-refractivity contribution is 7.89. The van der Waals surface area contributed by atoms with Crippen LogP contribution in [0.2, 0.25) is 0 Å². The maximum Gasteiger partial charge on any atom is 0.257 e. The van der Waals surface area contributed by atoms with E-state index in [2.05, 4.69) is 10.6 Å². The molecule has 0 unspecified atom stereocenters. The number of hydrogen-bond acceptors (Lipinski definition) is 5. The van der Waals surface area contributed by atoms with Crippen LogP contribution >= 0.6 is 12.2 Å². The van der Waals surface area contributed by atoms with E-state index >= 15 is 0 Å². The first-order valence-electron chi connectivity index (χ1n) is 11.2. The molecule has 178 valence electrons. The van der Waals surface area contributed by atoms with E-state index in [1.165, 1.54) is 10.7 Å². The van der Waals surface area contributed by atoms with E-state index in [0.29, 0.717) is 23.6 Å². The van der Waals surface area contributed by atoms with E-state index < -0.39 is 10.0 Å². The number of nitrogens with zero attached hydrogens (tertiary/aromatic N) is 1. The standard InChI is InChI=1S/C24H31N3O4S2/c1-3-17-31-21-13-9-18(10-14-21)23(28)26-24(32)25-19-11-15-22(16-12-19)33(29,30)27(2)20-7-5-4-6-8-20/h9-16,20H,3-8,17H2,1-2H3,(H2,25,26,28,32). The van der Waals surface area contributed by atoms with Crippen LogP contribution in [0.5, 0.6) is 5.75 Å². The molecule has 1 amide bonds. The van der Waals surface area contributed by atoms with Crippen LogP contribution in [0.25, 0.3) is 0 Å². The van der Waals surface area contributed by atoms with E-state index in [4.69, 9.17) is 17.0 Å². The maximum absolute atomic E-state index is 13.0. The zero-order chi connectivity index (χ0) is 23.8. The molecule has 0 spiro atoms. The summed E-state index contributed by atoms with van der Waals surface area (Å²) in [4.78, 5) is 12.7. The summed E-state index contributed by atoms with van der Waals surface area (Å²) in [6.45, 7) is 2.65. The van der Waals surface area contributed by atoms with Gasteiger partial charge in [-0.1, -0.05) is 26.2 Å². The van der Waals surface area contributed by atoms with Gasteiger partial charge in [0.05, 0.1) is 11.5 Å². The summed E-state index contributed by atoms with van der Waals surface area (Å²) in [6.07, 6.45) is 6.00. The summed E-state index contributed by atoms with van der Waals surface area (Å²) in [7, 11) is -1.90. The van der Waals surface area contributed by atoms with Gasteiger partial charge in [0.1, 0.15) is 5.75 Å². The molecule has 33 heavy (non-hydrogen) atoms. The lowest BCUT2D eigenvalue weighted by Gasteiger charge is -2.30. The maximum atomic E-state index is 13.0. The molecule has 1 saturated carbocycles. The first-order valence-corrected chi connectivity index (χ1v) is 13.1. The Hall–Kier alpha value is -2.49. The van der Waals surface area contributed by atoms with Crippen LogP contribution < -0.4 is 15.4 Å². The fraction of sp³-hybridized carbons (Fsp3) is 0.417. The van der Waals surface area contributed by atoms with Gasteiger partial charge in [0.25, 0.3) is 5.91 Å². The Labute approximate surface area is 201 Å². The molecule has 1 fully saturated rings. The summed E-state index contributed by atoms with van der Waals surface area (Å²) in [5.41, 5.74) is 1.04.